The number of morpholine rings is 1. The van der Waals surface area contributed by atoms with Crippen LogP contribution in [0, 0.1) is 11.3 Å². The average Bonchev–Trinajstić information content (AvgIpc) is 2.40. The molecule has 0 bridgehead atoms. The maximum atomic E-state index is 12.5. The van der Waals surface area contributed by atoms with Crippen LogP contribution in [0.3, 0.4) is 0 Å². The highest BCUT2D eigenvalue weighted by Crippen LogP contribution is 2.30. The van der Waals surface area contributed by atoms with Gasteiger partial charge in [0.05, 0.1) is 24.8 Å². The van der Waals surface area contributed by atoms with Gasteiger partial charge in [0.1, 0.15) is 6.04 Å². The van der Waals surface area contributed by atoms with E-state index in [9.17, 15) is 18.4 Å². The van der Waals surface area contributed by atoms with Gasteiger partial charge in [0.25, 0.3) is 0 Å². The highest BCUT2D eigenvalue weighted by atomic mass is 19.4. The molecular weight excluding hydrogens is 257 g/mol. The zero-order chi connectivity index (χ0) is 13.9. The first-order valence-corrected chi connectivity index (χ1v) is 5.91. The fourth-order valence-electron chi connectivity index (χ4n) is 2.06. The van der Waals surface area contributed by atoms with Gasteiger partial charge in [0, 0.05) is 13.1 Å². The van der Waals surface area contributed by atoms with E-state index in [0.29, 0.717) is 31.9 Å². The Kier molecular flexibility index (Phi) is 4.08. The highest BCUT2D eigenvalue weighted by Gasteiger charge is 2.30. The Morgan fingerprint density at radius 3 is 2.21 bits per heavy atom. The number of ether oxygens (including phenoxy) is 1. The third-order valence-electron chi connectivity index (χ3n) is 3.09. The molecule has 1 saturated heterocycles. The second-order valence-corrected chi connectivity index (χ2v) is 4.30. The van der Waals surface area contributed by atoms with Crippen LogP contribution in [-0.2, 0) is 10.9 Å². The van der Waals surface area contributed by atoms with Gasteiger partial charge in [-0.15, -0.1) is 0 Å². The molecule has 1 aliphatic heterocycles. The predicted molar refractivity (Wildman–Crippen MR) is 62.2 cm³/mol. The first kappa shape index (κ1) is 13.8. The molecule has 0 N–H and O–H groups in total. The summed E-state index contributed by atoms with van der Waals surface area (Å²) < 4.78 is 42.6. The Bertz CT molecular complexity index is 458. The topological polar surface area (TPSA) is 36.3 Å². The molecule has 0 aliphatic carbocycles. The molecule has 1 unspecified atom stereocenters. The lowest BCUT2D eigenvalue weighted by molar-refractivity contribution is -0.137. The summed E-state index contributed by atoms with van der Waals surface area (Å²) in [5, 5.41) is 9.21. The molecule has 0 saturated carbocycles. The van der Waals surface area contributed by atoms with Gasteiger partial charge in [0.2, 0.25) is 0 Å². The van der Waals surface area contributed by atoms with E-state index in [1.165, 1.54) is 12.1 Å². The highest BCUT2D eigenvalue weighted by molar-refractivity contribution is 5.29. The number of rotatable bonds is 2. The third-order valence-corrected chi connectivity index (χ3v) is 3.09. The van der Waals surface area contributed by atoms with Crippen molar-refractivity contribution < 1.29 is 17.9 Å². The molecule has 1 atom stereocenters. The standard InChI is InChI=1S/C13H13F3N2O/c14-13(15,16)11-3-1-10(2-4-11)12(9-17)18-5-7-19-8-6-18/h1-4,12H,5-8H2. The smallest absolute Gasteiger partial charge is 0.379 e. The van der Waals surface area contributed by atoms with E-state index in [0.717, 1.165) is 12.1 Å². The molecule has 1 fully saturated rings. The number of hydrogen-bond donors (Lipinski definition) is 0. The minimum atomic E-state index is -4.35. The lowest BCUT2D eigenvalue weighted by atomic mass is 10.0. The van der Waals surface area contributed by atoms with Gasteiger partial charge in [-0.3, -0.25) is 4.90 Å². The first-order chi connectivity index (χ1) is 9.02. The summed E-state index contributed by atoms with van der Waals surface area (Å²) in [5.74, 6) is 0. The molecule has 2 rings (SSSR count). The zero-order valence-corrected chi connectivity index (χ0v) is 10.2. The van der Waals surface area contributed by atoms with Gasteiger partial charge in [-0.2, -0.15) is 18.4 Å². The van der Waals surface area contributed by atoms with Crippen molar-refractivity contribution in [3.05, 3.63) is 35.4 Å². The van der Waals surface area contributed by atoms with E-state index >= 15 is 0 Å². The molecule has 3 nitrogen and oxygen atoms in total. The van der Waals surface area contributed by atoms with E-state index in [1.807, 2.05) is 4.90 Å². The summed E-state index contributed by atoms with van der Waals surface area (Å²) in [4.78, 5) is 1.91. The lowest BCUT2D eigenvalue weighted by Gasteiger charge is -2.30. The van der Waals surface area contributed by atoms with Crippen molar-refractivity contribution in [2.45, 2.75) is 12.2 Å². The number of nitriles is 1. The Morgan fingerprint density at radius 1 is 1.16 bits per heavy atom. The average molecular weight is 270 g/mol. The third kappa shape index (κ3) is 3.25. The van der Waals surface area contributed by atoms with Crippen LogP contribution < -0.4 is 0 Å². The monoisotopic (exact) mass is 270 g/mol. The minimum absolute atomic E-state index is 0.522. The van der Waals surface area contributed by atoms with Crippen LogP contribution in [0.25, 0.3) is 0 Å². The molecule has 0 aromatic heterocycles. The largest absolute Gasteiger partial charge is 0.416 e. The van der Waals surface area contributed by atoms with Crippen LogP contribution in [0.1, 0.15) is 17.2 Å². The van der Waals surface area contributed by atoms with Gasteiger partial charge in [-0.1, -0.05) is 12.1 Å². The SMILES string of the molecule is N#CC(c1ccc(C(F)(F)F)cc1)N1CCOCC1. The number of alkyl halides is 3. The first-order valence-electron chi connectivity index (χ1n) is 5.91. The molecule has 1 aromatic rings. The number of nitrogens with zero attached hydrogens (tertiary/aromatic N) is 2. The van der Waals surface area contributed by atoms with Crippen LogP contribution in [0.4, 0.5) is 13.2 Å². The van der Waals surface area contributed by atoms with E-state index in [2.05, 4.69) is 6.07 Å². The molecule has 19 heavy (non-hydrogen) atoms. The summed E-state index contributed by atoms with van der Waals surface area (Å²) >= 11 is 0. The minimum Gasteiger partial charge on any atom is -0.379 e. The van der Waals surface area contributed by atoms with Gasteiger partial charge in [-0.25, -0.2) is 0 Å². The molecule has 102 valence electrons. The van der Waals surface area contributed by atoms with Crippen LogP contribution in [-0.4, -0.2) is 31.2 Å². The Hall–Kier alpha value is -1.58. The molecule has 0 radical (unpaired) electrons. The zero-order valence-electron chi connectivity index (χ0n) is 10.2. The predicted octanol–water partition coefficient (Wildman–Crippen LogP) is 2.60. The van der Waals surface area contributed by atoms with Crippen molar-refractivity contribution >= 4 is 0 Å². The molecule has 0 amide bonds. The normalized spacial score (nSPS) is 18.8. The molecule has 1 heterocycles. The Labute approximate surface area is 109 Å². The van der Waals surface area contributed by atoms with E-state index < -0.39 is 17.8 Å². The number of halogens is 3. The van der Waals surface area contributed by atoms with Gasteiger partial charge in [0.15, 0.2) is 0 Å². The van der Waals surface area contributed by atoms with Crippen molar-refractivity contribution in [3.8, 4) is 6.07 Å². The maximum absolute atomic E-state index is 12.5. The van der Waals surface area contributed by atoms with Gasteiger partial charge in [-0.05, 0) is 17.7 Å². The lowest BCUT2D eigenvalue weighted by Crippen LogP contribution is -2.38. The van der Waals surface area contributed by atoms with E-state index in [-0.39, 0.29) is 0 Å². The van der Waals surface area contributed by atoms with Crippen molar-refractivity contribution in [1.82, 2.24) is 4.90 Å². The van der Waals surface area contributed by atoms with Gasteiger partial charge < -0.3 is 4.74 Å². The molecule has 1 aliphatic rings. The van der Waals surface area contributed by atoms with Crippen molar-refractivity contribution in [2.75, 3.05) is 26.3 Å². The fraction of sp³-hybridized carbons (Fsp3) is 0.462. The summed E-state index contributed by atoms with van der Waals surface area (Å²) in [6, 6.07) is 6.38. The van der Waals surface area contributed by atoms with Crippen molar-refractivity contribution in [2.24, 2.45) is 0 Å². The molecular formula is C13H13F3N2O. The molecule has 6 heteroatoms. The van der Waals surface area contributed by atoms with Crippen molar-refractivity contribution in [3.63, 3.8) is 0 Å². The van der Waals surface area contributed by atoms with Crippen LogP contribution >= 0.6 is 0 Å². The van der Waals surface area contributed by atoms with Crippen molar-refractivity contribution in [1.29, 1.82) is 5.26 Å². The molecule has 0 spiro atoms. The quantitative estimate of drug-likeness (QED) is 0.828. The summed E-state index contributed by atoms with van der Waals surface area (Å²) in [5.41, 5.74) is -0.118. The van der Waals surface area contributed by atoms with Gasteiger partial charge >= 0.3 is 6.18 Å². The van der Waals surface area contributed by atoms with Crippen LogP contribution in [0.5, 0.6) is 0 Å². The summed E-state index contributed by atoms with van der Waals surface area (Å²) in [6.45, 7) is 2.30. The number of hydrogen-bond acceptors (Lipinski definition) is 3. The Balaban J connectivity index is 2.17. The number of benzene rings is 1. The fourth-order valence-corrected chi connectivity index (χ4v) is 2.06. The second kappa shape index (κ2) is 5.59. The summed E-state index contributed by atoms with van der Waals surface area (Å²) in [7, 11) is 0. The van der Waals surface area contributed by atoms with Crippen LogP contribution in [0.2, 0.25) is 0 Å². The maximum Gasteiger partial charge on any atom is 0.416 e. The van der Waals surface area contributed by atoms with E-state index in [4.69, 9.17) is 4.74 Å². The van der Waals surface area contributed by atoms with E-state index in [1.54, 1.807) is 0 Å². The summed E-state index contributed by atoms with van der Waals surface area (Å²) in [6.07, 6.45) is -4.35. The Morgan fingerprint density at radius 2 is 1.74 bits per heavy atom. The second-order valence-electron chi connectivity index (χ2n) is 4.30. The van der Waals surface area contributed by atoms with Crippen LogP contribution in [0.15, 0.2) is 24.3 Å². The molecule has 1 aromatic carbocycles.